The van der Waals surface area contributed by atoms with E-state index in [0.29, 0.717) is 6.42 Å². The zero-order chi connectivity index (χ0) is 10.9. The molecule has 0 spiro atoms. The van der Waals surface area contributed by atoms with E-state index < -0.39 is 17.7 Å². The van der Waals surface area contributed by atoms with Crippen LogP contribution in [-0.4, -0.2) is 35.0 Å². The topological polar surface area (TPSA) is 55.8 Å². The summed E-state index contributed by atoms with van der Waals surface area (Å²) in [7, 11) is 0. The van der Waals surface area contributed by atoms with E-state index in [4.69, 9.17) is 9.47 Å². The predicted molar refractivity (Wildman–Crippen MR) is 51.2 cm³/mol. The van der Waals surface area contributed by atoms with E-state index in [2.05, 4.69) is 0 Å². The summed E-state index contributed by atoms with van der Waals surface area (Å²) in [6, 6.07) is 0. The van der Waals surface area contributed by atoms with Crippen molar-refractivity contribution in [3.63, 3.8) is 0 Å². The van der Waals surface area contributed by atoms with Crippen LogP contribution in [0.25, 0.3) is 0 Å². The molecule has 0 saturated carbocycles. The van der Waals surface area contributed by atoms with Crippen LogP contribution in [0, 0.1) is 0 Å². The average Bonchev–Trinajstić information content (AvgIpc) is 2.26. The molecule has 0 radical (unpaired) electrons. The zero-order valence-corrected chi connectivity index (χ0v) is 9.11. The number of carbonyl (C=O) groups is 1. The van der Waals surface area contributed by atoms with Crippen LogP contribution in [0.4, 0.5) is 0 Å². The molecule has 1 rings (SSSR count). The molecule has 14 heavy (non-hydrogen) atoms. The molecule has 4 nitrogen and oxygen atoms in total. The highest BCUT2D eigenvalue weighted by atomic mass is 16.6. The Morgan fingerprint density at radius 2 is 2.14 bits per heavy atom. The summed E-state index contributed by atoms with van der Waals surface area (Å²) < 4.78 is 11.0. The fourth-order valence-corrected chi connectivity index (χ4v) is 1.98. The number of hydrogen-bond donors (Lipinski definition) is 1. The Balaban J connectivity index is 2.87. The van der Waals surface area contributed by atoms with Crippen LogP contribution in [0.3, 0.4) is 0 Å². The van der Waals surface area contributed by atoms with Crippen molar-refractivity contribution in [2.24, 2.45) is 0 Å². The minimum absolute atomic E-state index is 0.0557. The molecule has 3 atom stereocenters. The Morgan fingerprint density at radius 3 is 2.43 bits per heavy atom. The maximum Gasteiger partial charge on any atom is 0.338 e. The lowest BCUT2D eigenvalue weighted by Crippen LogP contribution is -2.48. The molecule has 82 valence electrons. The summed E-state index contributed by atoms with van der Waals surface area (Å²) in [5.74, 6) is -0.928. The first kappa shape index (κ1) is 11.5. The molecule has 1 N–H and O–H groups in total. The van der Waals surface area contributed by atoms with Gasteiger partial charge in [-0.25, -0.2) is 4.79 Å². The van der Waals surface area contributed by atoms with E-state index >= 15 is 0 Å². The van der Waals surface area contributed by atoms with Gasteiger partial charge in [-0.1, -0.05) is 0 Å². The fraction of sp³-hybridized carbons (Fsp3) is 0.900. The second-order valence-electron chi connectivity index (χ2n) is 4.15. The van der Waals surface area contributed by atoms with Gasteiger partial charge in [0.1, 0.15) is 0 Å². The lowest BCUT2D eigenvalue weighted by atomic mass is 9.94. The Morgan fingerprint density at radius 1 is 1.57 bits per heavy atom. The van der Waals surface area contributed by atoms with Crippen molar-refractivity contribution in [1.29, 1.82) is 0 Å². The van der Waals surface area contributed by atoms with Crippen molar-refractivity contribution in [3.05, 3.63) is 0 Å². The third-order valence-corrected chi connectivity index (χ3v) is 2.49. The van der Waals surface area contributed by atoms with Gasteiger partial charge in [-0.05, 0) is 27.7 Å². The number of carboxylic acids is 1. The molecule has 1 heterocycles. The SMILES string of the molecule is CC(C)OC1(C(=O)O)CC(C)OC1C. The van der Waals surface area contributed by atoms with E-state index in [0.717, 1.165) is 0 Å². The Bertz CT molecular complexity index is 226. The van der Waals surface area contributed by atoms with Gasteiger partial charge in [0.05, 0.1) is 18.3 Å². The summed E-state index contributed by atoms with van der Waals surface area (Å²) >= 11 is 0. The third kappa shape index (κ3) is 1.91. The van der Waals surface area contributed by atoms with Gasteiger partial charge in [-0.15, -0.1) is 0 Å². The normalized spacial score (nSPS) is 37.8. The van der Waals surface area contributed by atoms with Gasteiger partial charge in [0.15, 0.2) is 5.60 Å². The molecule has 0 aromatic rings. The van der Waals surface area contributed by atoms with E-state index in [-0.39, 0.29) is 12.2 Å². The minimum Gasteiger partial charge on any atom is -0.479 e. The van der Waals surface area contributed by atoms with E-state index in [1.807, 2.05) is 20.8 Å². The Hall–Kier alpha value is -0.610. The van der Waals surface area contributed by atoms with Gasteiger partial charge in [-0.3, -0.25) is 0 Å². The molecule has 1 fully saturated rings. The molecule has 1 aliphatic rings. The summed E-state index contributed by atoms with van der Waals surface area (Å²) in [4.78, 5) is 11.2. The van der Waals surface area contributed by atoms with Gasteiger partial charge < -0.3 is 14.6 Å². The molecular weight excluding hydrogens is 184 g/mol. The maximum absolute atomic E-state index is 11.2. The van der Waals surface area contributed by atoms with Crippen molar-refractivity contribution in [1.82, 2.24) is 0 Å². The Kier molecular flexibility index (Phi) is 3.17. The minimum atomic E-state index is -1.16. The summed E-state index contributed by atoms with van der Waals surface area (Å²) in [5.41, 5.74) is -1.16. The van der Waals surface area contributed by atoms with Crippen LogP contribution in [0.15, 0.2) is 0 Å². The lowest BCUT2D eigenvalue weighted by Gasteiger charge is -2.29. The lowest BCUT2D eigenvalue weighted by molar-refractivity contribution is -0.179. The first-order valence-corrected chi connectivity index (χ1v) is 4.95. The second kappa shape index (κ2) is 3.87. The first-order valence-electron chi connectivity index (χ1n) is 4.95. The Labute approximate surface area is 84.2 Å². The van der Waals surface area contributed by atoms with Gasteiger partial charge in [0, 0.05) is 6.42 Å². The van der Waals surface area contributed by atoms with Gasteiger partial charge in [0.2, 0.25) is 0 Å². The number of hydrogen-bond acceptors (Lipinski definition) is 3. The monoisotopic (exact) mass is 202 g/mol. The quantitative estimate of drug-likeness (QED) is 0.752. The van der Waals surface area contributed by atoms with Crippen molar-refractivity contribution in [3.8, 4) is 0 Å². The number of ether oxygens (including phenoxy) is 2. The highest BCUT2D eigenvalue weighted by Gasteiger charge is 2.52. The largest absolute Gasteiger partial charge is 0.479 e. The first-order chi connectivity index (χ1) is 6.38. The summed E-state index contributed by atoms with van der Waals surface area (Å²) in [6.45, 7) is 7.28. The molecule has 1 saturated heterocycles. The van der Waals surface area contributed by atoms with Crippen LogP contribution < -0.4 is 0 Å². The smallest absolute Gasteiger partial charge is 0.338 e. The van der Waals surface area contributed by atoms with Gasteiger partial charge in [-0.2, -0.15) is 0 Å². The molecule has 0 amide bonds. The summed E-state index contributed by atoms with van der Waals surface area (Å²) in [5, 5.41) is 9.20. The van der Waals surface area contributed by atoms with Crippen molar-refractivity contribution < 1.29 is 19.4 Å². The molecule has 0 bridgehead atoms. The second-order valence-corrected chi connectivity index (χ2v) is 4.15. The summed E-state index contributed by atoms with van der Waals surface area (Å²) in [6.07, 6.45) is -0.138. The van der Waals surface area contributed by atoms with E-state index in [1.54, 1.807) is 6.92 Å². The number of carboxylic acid groups (broad SMARTS) is 1. The molecule has 0 aromatic heterocycles. The molecule has 0 aliphatic carbocycles. The molecular formula is C10H18O4. The van der Waals surface area contributed by atoms with Gasteiger partial charge >= 0.3 is 5.97 Å². The number of rotatable bonds is 3. The molecule has 3 unspecified atom stereocenters. The van der Waals surface area contributed by atoms with Crippen LogP contribution in [0.5, 0.6) is 0 Å². The standard InChI is InChI=1S/C10H18O4/c1-6(2)14-10(9(11)12)5-7(3)13-8(10)4/h6-8H,5H2,1-4H3,(H,11,12). The van der Waals surface area contributed by atoms with Crippen molar-refractivity contribution >= 4 is 5.97 Å². The average molecular weight is 202 g/mol. The molecule has 0 aromatic carbocycles. The van der Waals surface area contributed by atoms with Gasteiger partial charge in [0.25, 0.3) is 0 Å². The highest BCUT2D eigenvalue weighted by Crippen LogP contribution is 2.35. The third-order valence-electron chi connectivity index (χ3n) is 2.49. The van der Waals surface area contributed by atoms with Crippen LogP contribution in [-0.2, 0) is 14.3 Å². The van der Waals surface area contributed by atoms with Crippen LogP contribution in [0.2, 0.25) is 0 Å². The molecule has 4 heteroatoms. The van der Waals surface area contributed by atoms with E-state index in [9.17, 15) is 9.90 Å². The fourth-order valence-electron chi connectivity index (χ4n) is 1.98. The predicted octanol–water partition coefficient (Wildman–Crippen LogP) is 1.43. The van der Waals surface area contributed by atoms with E-state index in [1.165, 1.54) is 0 Å². The van der Waals surface area contributed by atoms with Crippen LogP contribution >= 0.6 is 0 Å². The van der Waals surface area contributed by atoms with Crippen molar-refractivity contribution in [2.75, 3.05) is 0 Å². The zero-order valence-electron chi connectivity index (χ0n) is 9.11. The van der Waals surface area contributed by atoms with Crippen LogP contribution in [0.1, 0.15) is 34.1 Å². The highest BCUT2D eigenvalue weighted by molar-refractivity contribution is 5.79. The van der Waals surface area contributed by atoms with Crippen molar-refractivity contribution in [2.45, 2.75) is 58.0 Å². The maximum atomic E-state index is 11.2. The molecule has 1 aliphatic heterocycles. The number of aliphatic carboxylic acids is 1.